The fourth-order valence-electron chi connectivity index (χ4n) is 3.41. The number of rotatable bonds is 8. The molecule has 6 nitrogen and oxygen atoms in total. The molecule has 3 aromatic rings. The van der Waals surface area contributed by atoms with Crippen LogP contribution in [0.3, 0.4) is 0 Å². The third-order valence-electron chi connectivity index (χ3n) is 5.07. The van der Waals surface area contributed by atoms with Crippen LogP contribution in [0, 0.1) is 0 Å². The number of halogens is 3. The maximum Gasteiger partial charge on any atom is 0.233 e. The van der Waals surface area contributed by atoms with Crippen LogP contribution in [0.2, 0.25) is 0 Å². The molecule has 3 N–H and O–H groups in total. The Labute approximate surface area is 224 Å². The van der Waals surface area contributed by atoms with E-state index >= 15 is 0 Å². The molecule has 3 aromatic carbocycles. The number of thiocarbonyl (C=S) groups is 1. The van der Waals surface area contributed by atoms with Gasteiger partial charge in [-0.05, 0) is 35.5 Å². The van der Waals surface area contributed by atoms with E-state index in [1.165, 1.54) is 7.11 Å². The van der Waals surface area contributed by atoms with Gasteiger partial charge in [0, 0.05) is 6.07 Å². The SMILES string of the molecule is COc1ccc(OC)c(NC(=S)NC(NC(=O)C(c2ccccc2)c2ccccc2)C(Cl)(Cl)Cl)c1. The zero-order chi connectivity index (χ0) is 25.4. The van der Waals surface area contributed by atoms with Gasteiger partial charge in [0.05, 0.1) is 25.8 Å². The topological polar surface area (TPSA) is 71.6 Å². The van der Waals surface area contributed by atoms with E-state index in [1.54, 1.807) is 25.3 Å². The molecule has 184 valence electrons. The summed E-state index contributed by atoms with van der Waals surface area (Å²) < 4.78 is 8.69. The molecule has 0 fully saturated rings. The normalized spacial score (nSPS) is 11.9. The Bertz CT molecular complexity index is 1110. The van der Waals surface area contributed by atoms with Gasteiger partial charge in [0.25, 0.3) is 0 Å². The summed E-state index contributed by atoms with van der Waals surface area (Å²) in [6, 6.07) is 23.9. The van der Waals surface area contributed by atoms with Crippen molar-refractivity contribution in [3.63, 3.8) is 0 Å². The van der Waals surface area contributed by atoms with Crippen LogP contribution < -0.4 is 25.4 Å². The highest BCUT2D eigenvalue weighted by molar-refractivity contribution is 7.80. The first-order valence-electron chi connectivity index (χ1n) is 10.5. The van der Waals surface area contributed by atoms with Gasteiger partial charge < -0.3 is 25.4 Å². The highest BCUT2D eigenvalue weighted by Gasteiger charge is 2.36. The summed E-state index contributed by atoms with van der Waals surface area (Å²) in [7, 11) is 3.08. The number of amides is 1. The third-order valence-corrected chi connectivity index (χ3v) is 5.95. The van der Waals surface area contributed by atoms with Gasteiger partial charge in [-0.25, -0.2) is 0 Å². The van der Waals surface area contributed by atoms with Crippen molar-refractivity contribution in [2.45, 2.75) is 15.9 Å². The lowest BCUT2D eigenvalue weighted by Gasteiger charge is -2.30. The molecule has 0 aliphatic rings. The van der Waals surface area contributed by atoms with Crippen LogP contribution in [0.25, 0.3) is 0 Å². The van der Waals surface area contributed by atoms with E-state index in [1.807, 2.05) is 60.7 Å². The first-order chi connectivity index (χ1) is 16.7. The van der Waals surface area contributed by atoms with Gasteiger partial charge in [0.2, 0.25) is 9.70 Å². The standard InChI is InChI=1S/C25H24Cl3N3O3S/c1-33-18-13-14-20(34-2)19(15-18)29-24(35)31-23(25(26,27)28)30-22(32)21(16-9-5-3-6-10-16)17-11-7-4-8-12-17/h3-15,21,23H,1-2H3,(H,30,32)(H2,29,31,35). The molecule has 0 bridgehead atoms. The van der Waals surface area contributed by atoms with E-state index in [-0.39, 0.29) is 11.0 Å². The summed E-state index contributed by atoms with van der Waals surface area (Å²) >= 11 is 24.1. The Balaban J connectivity index is 1.82. The van der Waals surface area contributed by atoms with Gasteiger partial charge in [-0.15, -0.1) is 0 Å². The number of hydrogen-bond donors (Lipinski definition) is 3. The molecule has 3 rings (SSSR count). The zero-order valence-electron chi connectivity index (χ0n) is 18.9. The molecule has 35 heavy (non-hydrogen) atoms. The van der Waals surface area contributed by atoms with E-state index in [2.05, 4.69) is 16.0 Å². The van der Waals surface area contributed by atoms with Crippen LogP contribution in [0.5, 0.6) is 11.5 Å². The summed E-state index contributed by atoms with van der Waals surface area (Å²) in [5, 5.41) is 8.77. The number of alkyl halides is 3. The number of anilines is 1. The Kier molecular flexibility index (Phi) is 9.46. The van der Waals surface area contributed by atoms with Crippen molar-refractivity contribution < 1.29 is 14.3 Å². The number of carbonyl (C=O) groups is 1. The van der Waals surface area contributed by atoms with Gasteiger partial charge in [0.15, 0.2) is 5.11 Å². The van der Waals surface area contributed by atoms with Crippen molar-refractivity contribution in [1.29, 1.82) is 0 Å². The van der Waals surface area contributed by atoms with Crippen LogP contribution in [0.4, 0.5) is 5.69 Å². The summed E-state index contributed by atoms with van der Waals surface area (Å²) in [6.07, 6.45) is -1.15. The van der Waals surface area contributed by atoms with E-state index in [0.29, 0.717) is 17.2 Å². The lowest BCUT2D eigenvalue weighted by molar-refractivity contribution is -0.122. The molecule has 0 aliphatic carbocycles. The van der Waals surface area contributed by atoms with Crippen molar-refractivity contribution >= 4 is 63.7 Å². The predicted molar refractivity (Wildman–Crippen MR) is 146 cm³/mol. The number of hydrogen-bond acceptors (Lipinski definition) is 4. The second kappa shape index (κ2) is 12.3. The Hall–Kier alpha value is -2.71. The molecule has 1 atom stereocenters. The quantitative estimate of drug-likeness (QED) is 0.191. The van der Waals surface area contributed by atoms with Gasteiger partial charge in [0.1, 0.15) is 17.7 Å². The molecule has 0 radical (unpaired) electrons. The number of methoxy groups -OCH3 is 2. The van der Waals surface area contributed by atoms with E-state index < -0.39 is 15.9 Å². The summed E-state index contributed by atoms with van der Waals surface area (Å²) in [6.45, 7) is 0. The van der Waals surface area contributed by atoms with Gasteiger partial charge >= 0.3 is 0 Å². The minimum absolute atomic E-state index is 0.101. The molecular weight excluding hydrogens is 529 g/mol. The lowest BCUT2D eigenvalue weighted by Crippen LogP contribution is -2.57. The predicted octanol–water partition coefficient (Wildman–Crippen LogP) is 5.63. The van der Waals surface area contributed by atoms with Crippen molar-refractivity contribution in [3.8, 4) is 11.5 Å². The smallest absolute Gasteiger partial charge is 0.233 e. The maximum atomic E-state index is 13.5. The van der Waals surface area contributed by atoms with Crippen molar-refractivity contribution in [1.82, 2.24) is 10.6 Å². The first kappa shape index (κ1) is 26.9. The van der Waals surface area contributed by atoms with Gasteiger partial charge in [-0.3, -0.25) is 4.79 Å². The Morgan fingerprint density at radius 3 is 1.91 bits per heavy atom. The van der Waals surface area contributed by atoms with Crippen LogP contribution in [0.1, 0.15) is 17.0 Å². The molecule has 0 aromatic heterocycles. The van der Waals surface area contributed by atoms with E-state index in [0.717, 1.165) is 11.1 Å². The molecule has 1 amide bonds. The monoisotopic (exact) mass is 551 g/mol. The number of ether oxygens (including phenoxy) is 2. The third kappa shape index (κ3) is 7.39. The second-order valence-corrected chi connectivity index (χ2v) is 10.2. The molecule has 10 heteroatoms. The molecule has 0 spiro atoms. The highest BCUT2D eigenvalue weighted by Crippen LogP contribution is 2.32. The van der Waals surface area contributed by atoms with Crippen molar-refractivity contribution in [3.05, 3.63) is 90.0 Å². The number of carbonyl (C=O) groups excluding carboxylic acids is 1. The Morgan fingerprint density at radius 1 is 0.857 bits per heavy atom. The second-order valence-electron chi connectivity index (χ2n) is 7.40. The van der Waals surface area contributed by atoms with Gasteiger partial charge in [-0.2, -0.15) is 0 Å². The Morgan fingerprint density at radius 2 is 1.43 bits per heavy atom. The van der Waals surface area contributed by atoms with Gasteiger partial charge in [-0.1, -0.05) is 95.5 Å². The zero-order valence-corrected chi connectivity index (χ0v) is 22.0. The van der Waals surface area contributed by atoms with Crippen LogP contribution >= 0.6 is 47.0 Å². The minimum Gasteiger partial charge on any atom is -0.497 e. The molecule has 0 heterocycles. The lowest BCUT2D eigenvalue weighted by atomic mass is 9.90. The number of nitrogens with one attached hydrogen (secondary N) is 3. The summed E-state index contributed by atoms with van der Waals surface area (Å²) in [4.78, 5) is 13.5. The average molecular weight is 553 g/mol. The number of benzene rings is 3. The fourth-order valence-corrected chi connectivity index (χ4v) is 3.97. The molecule has 1 unspecified atom stereocenters. The molecule has 0 aliphatic heterocycles. The van der Waals surface area contributed by atoms with Crippen molar-refractivity contribution in [2.24, 2.45) is 0 Å². The van der Waals surface area contributed by atoms with E-state index in [9.17, 15) is 4.79 Å². The molecule has 0 saturated heterocycles. The average Bonchev–Trinajstić information content (AvgIpc) is 2.84. The highest BCUT2D eigenvalue weighted by atomic mass is 35.6. The maximum absolute atomic E-state index is 13.5. The summed E-state index contributed by atoms with van der Waals surface area (Å²) in [5.74, 6) is 0.121. The van der Waals surface area contributed by atoms with Crippen molar-refractivity contribution in [2.75, 3.05) is 19.5 Å². The fraction of sp³-hybridized carbons (Fsp3) is 0.200. The minimum atomic E-state index is -1.92. The molecular formula is C25H24Cl3N3O3S. The summed E-state index contributed by atoms with van der Waals surface area (Å²) in [5.41, 5.74) is 2.12. The van der Waals surface area contributed by atoms with Crippen LogP contribution in [-0.4, -0.2) is 35.2 Å². The van der Waals surface area contributed by atoms with E-state index in [4.69, 9.17) is 56.5 Å². The largest absolute Gasteiger partial charge is 0.497 e. The molecule has 0 saturated carbocycles. The first-order valence-corrected chi connectivity index (χ1v) is 12.0. The van der Waals surface area contributed by atoms with Crippen LogP contribution in [-0.2, 0) is 4.79 Å². The van der Waals surface area contributed by atoms with Crippen LogP contribution in [0.15, 0.2) is 78.9 Å².